The van der Waals surface area contributed by atoms with Crippen molar-refractivity contribution in [2.45, 2.75) is 39.5 Å². The number of aliphatic hydroxyl groups excluding tert-OH is 1. The monoisotopic (exact) mass is 298 g/mol. The fourth-order valence-electron chi connectivity index (χ4n) is 2.27. The Hall–Kier alpha value is -0.340. The van der Waals surface area contributed by atoms with E-state index in [1.807, 2.05) is 0 Å². The average molecular weight is 299 g/mol. The van der Waals surface area contributed by atoms with Crippen molar-refractivity contribution in [2.75, 3.05) is 6.61 Å². The minimum atomic E-state index is 0.298. The smallest absolute Gasteiger partial charge is 0.0462 e. The number of aliphatic hydroxyl groups is 1. The lowest BCUT2D eigenvalue weighted by molar-refractivity contribution is 0.196. The normalized spacial score (nSPS) is 13.0. The van der Waals surface area contributed by atoms with Crippen LogP contribution >= 0.6 is 15.9 Å². The first kappa shape index (κ1) is 14.7. The number of rotatable bonds is 7. The van der Waals surface area contributed by atoms with E-state index < -0.39 is 0 Å². The molecule has 0 saturated heterocycles. The van der Waals surface area contributed by atoms with Crippen molar-refractivity contribution in [3.63, 3.8) is 0 Å². The zero-order chi connectivity index (χ0) is 12.7. The fourth-order valence-corrected chi connectivity index (χ4v) is 2.53. The molecule has 1 atom stereocenters. The Bertz CT molecular complexity index is 303. The highest BCUT2D eigenvalue weighted by atomic mass is 79.9. The van der Waals surface area contributed by atoms with Crippen LogP contribution in [0.5, 0.6) is 0 Å². The first-order valence-electron chi connectivity index (χ1n) is 6.54. The Morgan fingerprint density at radius 3 is 2.12 bits per heavy atom. The third-order valence-electron chi connectivity index (χ3n) is 3.52. The number of hydrogen-bond donors (Lipinski definition) is 1. The third-order valence-corrected chi connectivity index (χ3v) is 4.05. The Balaban J connectivity index is 2.54. The summed E-state index contributed by atoms with van der Waals surface area (Å²) in [5.41, 5.74) is 1.32. The average Bonchev–Trinajstić information content (AvgIpc) is 2.37. The van der Waals surface area contributed by atoms with Gasteiger partial charge in [0.05, 0.1) is 0 Å². The maximum absolute atomic E-state index is 9.47. The van der Waals surface area contributed by atoms with Gasteiger partial charge in [-0.2, -0.15) is 0 Å². The molecule has 0 heterocycles. The maximum Gasteiger partial charge on any atom is 0.0462 e. The van der Waals surface area contributed by atoms with Crippen molar-refractivity contribution in [1.29, 1.82) is 0 Å². The van der Waals surface area contributed by atoms with E-state index in [1.165, 1.54) is 18.4 Å². The summed E-state index contributed by atoms with van der Waals surface area (Å²) in [6.45, 7) is 4.77. The summed E-state index contributed by atoms with van der Waals surface area (Å²) in [5.74, 6) is 1.16. The number of benzene rings is 1. The van der Waals surface area contributed by atoms with Crippen molar-refractivity contribution in [1.82, 2.24) is 0 Å². The molecule has 1 N–H and O–H groups in total. The predicted molar refractivity (Wildman–Crippen MR) is 77.1 cm³/mol. The van der Waals surface area contributed by atoms with Crippen LogP contribution in [0.2, 0.25) is 0 Å². The molecule has 0 aromatic heterocycles. The molecular formula is C15H23BrO. The van der Waals surface area contributed by atoms with Gasteiger partial charge in [0.2, 0.25) is 0 Å². The van der Waals surface area contributed by atoms with Gasteiger partial charge in [-0.1, -0.05) is 54.8 Å². The Labute approximate surface area is 113 Å². The summed E-state index contributed by atoms with van der Waals surface area (Å²) in [5, 5.41) is 9.47. The van der Waals surface area contributed by atoms with Crippen LogP contribution in [-0.4, -0.2) is 11.7 Å². The SMILES string of the molecule is CCC(CC)CC(CO)Cc1ccc(Br)cc1. The van der Waals surface area contributed by atoms with Gasteiger partial charge in [0.15, 0.2) is 0 Å². The standard InChI is InChI=1S/C15H23BrO/c1-3-12(4-2)9-14(11-17)10-13-5-7-15(16)8-6-13/h5-8,12,14,17H,3-4,9-11H2,1-2H3. The molecule has 2 heteroatoms. The second-order valence-corrected chi connectivity index (χ2v) is 5.71. The lowest BCUT2D eigenvalue weighted by Gasteiger charge is -2.20. The summed E-state index contributed by atoms with van der Waals surface area (Å²) in [6.07, 6.45) is 4.56. The van der Waals surface area contributed by atoms with E-state index in [4.69, 9.17) is 0 Å². The molecule has 0 saturated carbocycles. The van der Waals surface area contributed by atoms with Crippen LogP contribution in [0.15, 0.2) is 28.7 Å². The topological polar surface area (TPSA) is 20.2 Å². The van der Waals surface area contributed by atoms with Gasteiger partial charge < -0.3 is 5.11 Å². The molecule has 96 valence electrons. The largest absolute Gasteiger partial charge is 0.396 e. The maximum atomic E-state index is 9.47. The van der Waals surface area contributed by atoms with E-state index in [2.05, 4.69) is 54.0 Å². The molecule has 0 aliphatic rings. The van der Waals surface area contributed by atoms with Gasteiger partial charge in [-0.05, 0) is 42.4 Å². The fraction of sp³-hybridized carbons (Fsp3) is 0.600. The first-order chi connectivity index (χ1) is 8.19. The molecule has 0 aliphatic heterocycles. The summed E-state index contributed by atoms with van der Waals surface area (Å²) in [4.78, 5) is 0. The molecule has 0 radical (unpaired) electrons. The van der Waals surface area contributed by atoms with Crippen LogP contribution in [0.25, 0.3) is 0 Å². The summed E-state index contributed by atoms with van der Waals surface area (Å²) in [7, 11) is 0. The van der Waals surface area contributed by atoms with Crippen molar-refractivity contribution in [3.8, 4) is 0 Å². The van der Waals surface area contributed by atoms with Gasteiger partial charge in [-0.15, -0.1) is 0 Å². The van der Waals surface area contributed by atoms with Crippen molar-refractivity contribution >= 4 is 15.9 Å². The van der Waals surface area contributed by atoms with Gasteiger partial charge in [-0.3, -0.25) is 0 Å². The summed E-state index contributed by atoms with van der Waals surface area (Å²) in [6, 6.07) is 8.42. The van der Waals surface area contributed by atoms with E-state index in [1.54, 1.807) is 0 Å². The molecule has 17 heavy (non-hydrogen) atoms. The second kappa shape index (κ2) is 7.88. The predicted octanol–water partition coefficient (Wildman–Crippen LogP) is 4.43. The molecule has 0 amide bonds. The van der Waals surface area contributed by atoms with E-state index in [-0.39, 0.29) is 0 Å². The van der Waals surface area contributed by atoms with Gasteiger partial charge in [-0.25, -0.2) is 0 Å². The van der Waals surface area contributed by atoms with Crippen LogP contribution in [-0.2, 0) is 6.42 Å². The zero-order valence-corrected chi connectivity index (χ0v) is 12.4. The van der Waals surface area contributed by atoms with E-state index in [0.717, 1.165) is 23.2 Å². The second-order valence-electron chi connectivity index (χ2n) is 4.80. The van der Waals surface area contributed by atoms with Crippen LogP contribution in [0.4, 0.5) is 0 Å². The van der Waals surface area contributed by atoms with Crippen LogP contribution in [0, 0.1) is 11.8 Å². The highest BCUT2D eigenvalue weighted by molar-refractivity contribution is 9.10. The van der Waals surface area contributed by atoms with Crippen LogP contribution in [0.1, 0.15) is 38.7 Å². The molecule has 1 aromatic rings. The lowest BCUT2D eigenvalue weighted by atomic mass is 9.87. The third kappa shape index (κ3) is 5.22. The molecule has 0 aliphatic carbocycles. The minimum absolute atomic E-state index is 0.298. The zero-order valence-electron chi connectivity index (χ0n) is 10.8. The van der Waals surface area contributed by atoms with Crippen molar-refractivity contribution in [2.24, 2.45) is 11.8 Å². The Morgan fingerprint density at radius 2 is 1.65 bits per heavy atom. The molecule has 0 bridgehead atoms. The van der Waals surface area contributed by atoms with E-state index >= 15 is 0 Å². The molecular weight excluding hydrogens is 276 g/mol. The lowest BCUT2D eigenvalue weighted by Crippen LogP contribution is -2.14. The molecule has 0 spiro atoms. The number of halogens is 1. The Morgan fingerprint density at radius 1 is 1.06 bits per heavy atom. The highest BCUT2D eigenvalue weighted by Crippen LogP contribution is 2.22. The Kier molecular flexibility index (Phi) is 6.83. The molecule has 1 rings (SSSR count). The summed E-state index contributed by atoms with van der Waals surface area (Å²) < 4.78 is 1.11. The van der Waals surface area contributed by atoms with Crippen LogP contribution in [0.3, 0.4) is 0 Å². The van der Waals surface area contributed by atoms with E-state index in [0.29, 0.717) is 12.5 Å². The van der Waals surface area contributed by atoms with Crippen molar-refractivity contribution in [3.05, 3.63) is 34.3 Å². The summed E-state index contributed by atoms with van der Waals surface area (Å²) >= 11 is 3.44. The molecule has 0 fully saturated rings. The van der Waals surface area contributed by atoms with Gasteiger partial charge in [0.1, 0.15) is 0 Å². The van der Waals surface area contributed by atoms with E-state index in [9.17, 15) is 5.11 Å². The first-order valence-corrected chi connectivity index (χ1v) is 7.34. The van der Waals surface area contributed by atoms with Gasteiger partial charge >= 0.3 is 0 Å². The molecule has 1 unspecified atom stereocenters. The molecule has 1 nitrogen and oxygen atoms in total. The minimum Gasteiger partial charge on any atom is -0.396 e. The van der Waals surface area contributed by atoms with Crippen molar-refractivity contribution < 1.29 is 5.11 Å². The highest BCUT2D eigenvalue weighted by Gasteiger charge is 2.14. The molecule has 1 aromatic carbocycles. The van der Waals surface area contributed by atoms with Gasteiger partial charge in [0, 0.05) is 11.1 Å². The number of hydrogen-bond acceptors (Lipinski definition) is 1. The van der Waals surface area contributed by atoms with Gasteiger partial charge in [0.25, 0.3) is 0 Å². The van der Waals surface area contributed by atoms with Crippen LogP contribution < -0.4 is 0 Å². The quantitative estimate of drug-likeness (QED) is 0.790.